The first-order chi connectivity index (χ1) is 7.16. The highest BCUT2D eigenvalue weighted by Gasteiger charge is 2.15. The van der Waals surface area contributed by atoms with Crippen molar-refractivity contribution in [3.8, 4) is 0 Å². The molecule has 0 aromatic rings. The highest BCUT2D eigenvalue weighted by Crippen LogP contribution is 2.31. The maximum Gasteiger partial charge on any atom is 0.0116 e. The fourth-order valence-corrected chi connectivity index (χ4v) is 2.10. The van der Waals surface area contributed by atoms with Crippen molar-refractivity contribution >= 4 is 0 Å². The van der Waals surface area contributed by atoms with Crippen LogP contribution in [-0.4, -0.2) is 0 Å². The van der Waals surface area contributed by atoms with E-state index in [-0.39, 0.29) is 0 Å². The van der Waals surface area contributed by atoms with Crippen molar-refractivity contribution in [3.05, 3.63) is 35.1 Å². The van der Waals surface area contributed by atoms with Gasteiger partial charge >= 0.3 is 0 Å². The Bertz CT molecular complexity index is 292. The number of hydrogen-bond donors (Lipinski definition) is 1. The van der Waals surface area contributed by atoms with Crippen molar-refractivity contribution in [3.63, 3.8) is 0 Å². The van der Waals surface area contributed by atoms with Gasteiger partial charge in [0.1, 0.15) is 0 Å². The second-order valence-electron chi connectivity index (χ2n) is 4.51. The second-order valence-corrected chi connectivity index (χ2v) is 4.51. The lowest BCUT2D eigenvalue weighted by Crippen LogP contribution is -2.11. The van der Waals surface area contributed by atoms with Crippen LogP contribution in [0.15, 0.2) is 35.1 Å². The molecule has 0 spiro atoms. The summed E-state index contributed by atoms with van der Waals surface area (Å²) in [6.07, 6.45) is 11.2. The van der Waals surface area contributed by atoms with Gasteiger partial charge in [0, 0.05) is 5.70 Å². The molecule has 1 nitrogen and oxygen atoms in total. The Morgan fingerprint density at radius 2 is 1.93 bits per heavy atom. The van der Waals surface area contributed by atoms with E-state index in [9.17, 15) is 0 Å². The van der Waals surface area contributed by atoms with E-state index in [1.807, 2.05) is 6.92 Å². The quantitative estimate of drug-likeness (QED) is 0.694. The Balaban J connectivity index is 2.98. The molecule has 1 aliphatic rings. The third-order valence-corrected chi connectivity index (χ3v) is 2.95. The van der Waals surface area contributed by atoms with Gasteiger partial charge in [-0.3, -0.25) is 0 Å². The van der Waals surface area contributed by atoms with E-state index in [0.29, 0.717) is 5.92 Å². The van der Waals surface area contributed by atoms with Crippen LogP contribution < -0.4 is 5.73 Å². The molecule has 1 aliphatic carbocycles. The molecule has 1 rings (SSSR count). The smallest absolute Gasteiger partial charge is 0.0116 e. The monoisotopic (exact) mass is 205 g/mol. The summed E-state index contributed by atoms with van der Waals surface area (Å²) in [6, 6.07) is 0. The Morgan fingerprint density at radius 1 is 1.27 bits per heavy atom. The minimum Gasteiger partial charge on any atom is -0.402 e. The molecule has 0 unspecified atom stereocenters. The topological polar surface area (TPSA) is 26.0 Å². The molecule has 0 radical (unpaired) electrons. The minimum absolute atomic E-state index is 0.563. The molecule has 0 amide bonds. The van der Waals surface area contributed by atoms with Crippen LogP contribution in [0.3, 0.4) is 0 Å². The normalized spacial score (nSPS) is 19.3. The molecule has 0 saturated heterocycles. The first kappa shape index (κ1) is 12.1. The van der Waals surface area contributed by atoms with Crippen LogP contribution in [0.1, 0.15) is 46.5 Å². The van der Waals surface area contributed by atoms with E-state index >= 15 is 0 Å². The average molecular weight is 205 g/mol. The molecule has 15 heavy (non-hydrogen) atoms. The van der Waals surface area contributed by atoms with E-state index < -0.39 is 0 Å². The molecule has 0 bridgehead atoms. The Hall–Kier alpha value is -0.980. The lowest BCUT2D eigenvalue weighted by atomic mass is 9.85. The molecule has 0 aromatic carbocycles. The third kappa shape index (κ3) is 3.26. The summed E-state index contributed by atoms with van der Waals surface area (Å²) in [5, 5.41) is 0. The summed E-state index contributed by atoms with van der Waals surface area (Å²) in [5.41, 5.74) is 10.1. The minimum atomic E-state index is 0.563. The highest BCUT2D eigenvalue weighted by atomic mass is 14.6. The molecule has 0 saturated carbocycles. The molecular weight excluding hydrogens is 182 g/mol. The first-order valence-corrected chi connectivity index (χ1v) is 5.97. The fourth-order valence-electron chi connectivity index (χ4n) is 2.10. The lowest BCUT2D eigenvalue weighted by Gasteiger charge is -2.22. The second kappa shape index (κ2) is 5.79. The van der Waals surface area contributed by atoms with Crippen LogP contribution in [0.2, 0.25) is 0 Å². The predicted octanol–water partition coefficient (Wildman–Crippen LogP) is 3.93. The number of hydrogen-bond acceptors (Lipinski definition) is 1. The van der Waals surface area contributed by atoms with Gasteiger partial charge in [0.2, 0.25) is 0 Å². The van der Waals surface area contributed by atoms with Crippen molar-refractivity contribution in [2.45, 2.75) is 46.5 Å². The molecule has 0 heterocycles. The van der Waals surface area contributed by atoms with E-state index in [1.54, 1.807) is 0 Å². The molecule has 2 N–H and O–H groups in total. The van der Waals surface area contributed by atoms with Crippen LogP contribution in [0, 0.1) is 5.92 Å². The summed E-state index contributed by atoms with van der Waals surface area (Å²) in [4.78, 5) is 0. The third-order valence-electron chi connectivity index (χ3n) is 2.95. The van der Waals surface area contributed by atoms with Gasteiger partial charge in [-0.25, -0.2) is 0 Å². The Labute approximate surface area is 93.7 Å². The molecular formula is C14H23N. The van der Waals surface area contributed by atoms with Crippen LogP contribution in [-0.2, 0) is 0 Å². The van der Waals surface area contributed by atoms with Crippen molar-refractivity contribution in [1.82, 2.24) is 0 Å². The zero-order chi connectivity index (χ0) is 11.3. The van der Waals surface area contributed by atoms with E-state index in [4.69, 9.17) is 5.73 Å². The maximum atomic E-state index is 6.10. The summed E-state index contributed by atoms with van der Waals surface area (Å²) in [7, 11) is 0. The van der Waals surface area contributed by atoms with Gasteiger partial charge in [0.25, 0.3) is 0 Å². The van der Waals surface area contributed by atoms with Crippen molar-refractivity contribution < 1.29 is 0 Å². The van der Waals surface area contributed by atoms with Gasteiger partial charge < -0.3 is 5.73 Å². The average Bonchev–Trinajstić information content (AvgIpc) is 2.20. The summed E-state index contributed by atoms with van der Waals surface area (Å²) in [6.45, 7) is 6.53. The fraction of sp³-hybridized carbons (Fsp3) is 0.571. The molecule has 84 valence electrons. The van der Waals surface area contributed by atoms with Crippen LogP contribution in [0.5, 0.6) is 0 Å². The van der Waals surface area contributed by atoms with Crippen LogP contribution in [0.4, 0.5) is 0 Å². The van der Waals surface area contributed by atoms with Gasteiger partial charge in [-0.2, -0.15) is 0 Å². The van der Waals surface area contributed by atoms with E-state index in [1.165, 1.54) is 24.0 Å². The van der Waals surface area contributed by atoms with Gasteiger partial charge in [-0.05, 0) is 49.7 Å². The number of rotatable bonds is 3. The molecule has 0 fully saturated rings. The largest absolute Gasteiger partial charge is 0.402 e. The predicted molar refractivity (Wildman–Crippen MR) is 67.4 cm³/mol. The molecule has 0 aliphatic heterocycles. The summed E-state index contributed by atoms with van der Waals surface area (Å²) >= 11 is 0. The Morgan fingerprint density at radius 3 is 2.47 bits per heavy atom. The molecule has 1 heteroatoms. The van der Waals surface area contributed by atoms with E-state index in [2.05, 4.69) is 32.1 Å². The van der Waals surface area contributed by atoms with Gasteiger partial charge in [-0.1, -0.05) is 32.1 Å². The zero-order valence-corrected chi connectivity index (χ0v) is 10.2. The van der Waals surface area contributed by atoms with Crippen LogP contribution in [0.25, 0.3) is 0 Å². The van der Waals surface area contributed by atoms with Crippen molar-refractivity contribution in [2.24, 2.45) is 11.7 Å². The van der Waals surface area contributed by atoms with Gasteiger partial charge in [-0.15, -0.1) is 0 Å². The highest BCUT2D eigenvalue weighted by molar-refractivity contribution is 5.38. The van der Waals surface area contributed by atoms with Gasteiger partial charge in [0.05, 0.1) is 0 Å². The summed E-state index contributed by atoms with van der Waals surface area (Å²) < 4.78 is 0. The van der Waals surface area contributed by atoms with Crippen molar-refractivity contribution in [1.29, 1.82) is 0 Å². The standard InChI is InChI=1S/C14H23N/c1-4-5-8-12(11(2)3)13-9-6-7-10-14(13)15/h4-5,8,11H,6-7,9-10,15H2,1-3H3/b5-4-,12-8-. The lowest BCUT2D eigenvalue weighted by molar-refractivity contribution is 0.647. The first-order valence-electron chi connectivity index (χ1n) is 5.97. The number of allylic oxidation sites excluding steroid dienone is 6. The van der Waals surface area contributed by atoms with Crippen LogP contribution >= 0.6 is 0 Å². The summed E-state index contributed by atoms with van der Waals surface area (Å²) in [5.74, 6) is 0.563. The Kier molecular flexibility index (Phi) is 4.67. The van der Waals surface area contributed by atoms with Crippen molar-refractivity contribution in [2.75, 3.05) is 0 Å². The SMILES string of the molecule is C/C=C\C=C(/C1=C(N)CCCC1)C(C)C. The zero-order valence-electron chi connectivity index (χ0n) is 10.2. The molecule has 0 atom stereocenters. The number of nitrogens with two attached hydrogens (primary N) is 1. The van der Waals surface area contributed by atoms with E-state index in [0.717, 1.165) is 18.5 Å². The molecule has 0 aromatic heterocycles. The maximum absolute atomic E-state index is 6.10. The van der Waals surface area contributed by atoms with Gasteiger partial charge in [0.15, 0.2) is 0 Å².